The van der Waals surface area contributed by atoms with Crippen molar-refractivity contribution in [2.45, 2.75) is 32.4 Å². The lowest BCUT2D eigenvalue weighted by molar-refractivity contribution is 0.0494. The van der Waals surface area contributed by atoms with E-state index in [2.05, 4.69) is 31.3 Å². The number of aryl methyl sites for hydroxylation is 2. The highest BCUT2D eigenvalue weighted by Crippen LogP contribution is 2.31. The maximum absolute atomic E-state index is 12.4. The molecule has 0 radical (unpaired) electrons. The molecule has 1 fully saturated rings. The first kappa shape index (κ1) is 16.5. The van der Waals surface area contributed by atoms with Crippen LogP contribution < -0.4 is 5.32 Å². The van der Waals surface area contributed by atoms with Crippen LogP contribution in [0.1, 0.15) is 28.7 Å². The first-order valence-corrected chi connectivity index (χ1v) is 8.35. The van der Waals surface area contributed by atoms with Crippen molar-refractivity contribution < 1.29 is 9.90 Å². The van der Waals surface area contributed by atoms with Crippen LogP contribution >= 0.6 is 0 Å². The number of benzene rings is 2. The predicted octanol–water partition coefficient (Wildman–Crippen LogP) is 3.11. The van der Waals surface area contributed by atoms with Crippen molar-refractivity contribution in [1.29, 1.82) is 0 Å². The number of aliphatic hydroxyl groups is 1. The molecule has 0 aliphatic carbocycles. The van der Waals surface area contributed by atoms with Crippen molar-refractivity contribution in [2.75, 3.05) is 13.1 Å². The third-order valence-electron chi connectivity index (χ3n) is 4.86. The number of β-amino-alcohol motifs (C(OH)–C–C–N with tert-alkyl or cyclic N) is 1. The Morgan fingerprint density at radius 1 is 1.17 bits per heavy atom. The number of hydrogen-bond acceptors (Lipinski definition) is 2. The van der Waals surface area contributed by atoms with Gasteiger partial charge >= 0.3 is 6.03 Å². The molecule has 3 rings (SSSR count). The number of carbonyl (C=O) groups excluding carboxylic acids is 1. The van der Waals surface area contributed by atoms with E-state index in [0.29, 0.717) is 26.1 Å². The van der Waals surface area contributed by atoms with Gasteiger partial charge in [0.25, 0.3) is 0 Å². The van der Waals surface area contributed by atoms with Crippen molar-refractivity contribution in [3.05, 3.63) is 70.8 Å². The quantitative estimate of drug-likeness (QED) is 0.911. The summed E-state index contributed by atoms with van der Waals surface area (Å²) in [6.07, 6.45) is 0.564. The lowest BCUT2D eigenvalue weighted by Crippen LogP contribution is -2.40. The number of nitrogens with one attached hydrogen (secondary N) is 1. The number of nitrogens with zero attached hydrogens (tertiary/aromatic N) is 1. The van der Waals surface area contributed by atoms with Gasteiger partial charge in [-0.15, -0.1) is 0 Å². The van der Waals surface area contributed by atoms with E-state index < -0.39 is 5.60 Å². The minimum atomic E-state index is -0.945. The molecule has 0 saturated carbocycles. The van der Waals surface area contributed by atoms with E-state index in [1.54, 1.807) is 4.90 Å². The number of hydrogen-bond donors (Lipinski definition) is 2. The highest BCUT2D eigenvalue weighted by molar-refractivity contribution is 5.74. The summed E-state index contributed by atoms with van der Waals surface area (Å²) in [6.45, 7) is 5.54. The molecule has 2 amide bonds. The van der Waals surface area contributed by atoms with Crippen LogP contribution in [0.25, 0.3) is 0 Å². The predicted molar refractivity (Wildman–Crippen MR) is 94.7 cm³/mol. The summed E-state index contributed by atoms with van der Waals surface area (Å²) < 4.78 is 0. The fourth-order valence-electron chi connectivity index (χ4n) is 3.15. The van der Waals surface area contributed by atoms with Gasteiger partial charge in [0.05, 0.1) is 6.54 Å². The van der Waals surface area contributed by atoms with Crippen LogP contribution in [0.2, 0.25) is 0 Å². The minimum absolute atomic E-state index is 0.125. The van der Waals surface area contributed by atoms with E-state index in [-0.39, 0.29) is 6.03 Å². The van der Waals surface area contributed by atoms with Crippen LogP contribution in [0, 0.1) is 13.8 Å². The van der Waals surface area contributed by atoms with Gasteiger partial charge in [-0.25, -0.2) is 4.79 Å². The van der Waals surface area contributed by atoms with Crippen LogP contribution in [0.5, 0.6) is 0 Å². The zero-order valence-corrected chi connectivity index (χ0v) is 14.2. The van der Waals surface area contributed by atoms with E-state index in [0.717, 1.165) is 11.1 Å². The van der Waals surface area contributed by atoms with Crippen LogP contribution in [0.4, 0.5) is 4.79 Å². The molecule has 0 spiro atoms. The molecule has 2 aromatic carbocycles. The van der Waals surface area contributed by atoms with Gasteiger partial charge in [0.1, 0.15) is 5.60 Å². The maximum atomic E-state index is 12.4. The van der Waals surface area contributed by atoms with Gasteiger partial charge in [0.2, 0.25) is 0 Å². The molecule has 1 aliphatic heterocycles. The smallest absolute Gasteiger partial charge is 0.317 e. The molecule has 1 heterocycles. The molecule has 126 valence electrons. The van der Waals surface area contributed by atoms with E-state index in [4.69, 9.17) is 0 Å². The third-order valence-corrected chi connectivity index (χ3v) is 4.86. The summed E-state index contributed by atoms with van der Waals surface area (Å²) in [5.41, 5.74) is 3.48. The normalized spacial score (nSPS) is 20.2. The van der Waals surface area contributed by atoms with E-state index in [1.807, 2.05) is 36.4 Å². The number of amides is 2. The Morgan fingerprint density at radius 3 is 2.62 bits per heavy atom. The molecule has 24 heavy (non-hydrogen) atoms. The van der Waals surface area contributed by atoms with Gasteiger partial charge in [-0.05, 0) is 42.5 Å². The molecule has 1 aliphatic rings. The second-order valence-corrected chi connectivity index (χ2v) is 6.65. The molecule has 0 aromatic heterocycles. The topological polar surface area (TPSA) is 52.6 Å². The highest BCUT2D eigenvalue weighted by atomic mass is 16.3. The van der Waals surface area contributed by atoms with Gasteiger partial charge in [-0.2, -0.15) is 0 Å². The van der Waals surface area contributed by atoms with E-state index >= 15 is 0 Å². The van der Waals surface area contributed by atoms with Gasteiger partial charge in [-0.1, -0.05) is 48.5 Å². The third kappa shape index (κ3) is 3.44. The first-order chi connectivity index (χ1) is 11.5. The molecule has 2 aromatic rings. The molecule has 4 nitrogen and oxygen atoms in total. The van der Waals surface area contributed by atoms with Gasteiger partial charge in [-0.3, -0.25) is 0 Å². The second kappa shape index (κ2) is 6.65. The Bertz CT molecular complexity index is 730. The highest BCUT2D eigenvalue weighted by Gasteiger charge is 2.39. The fourth-order valence-corrected chi connectivity index (χ4v) is 3.15. The average Bonchev–Trinajstić information content (AvgIpc) is 3.00. The average molecular weight is 324 g/mol. The van der Waals surface area contributed by atoms with Crippen molar-refractivity contribution in [3.8, 4) is 0 Å². The Morgan fingerprint density at radius 2 is 1.92 bits per heavy atom. The minimum Gasteiger partial charge on any atom is -0.383 e. The molecular formula is C20H24N2O2. The molecule has 0 bridgehead atoms. The molecule has 4 heteroatoms. The molecule has 2 N–H and O–H groups in total. The fraction of sp³-hybridized carbons (Fsp3) is 0.350. The zero-order valence-electron chi connectivity index (χ0n) is 14.2. The SMILES string of the molecule is Cc1ccc(CNC(=O)N2CCC(O)(c3ccccc3)C2)cc1C. The van der Waals surface area contributed by atoms with Crippen molar-refractivity contribution >= 4 is 6.03 Å². The maximum Gasteiger partial charge on any atom is 0.317 e. The number of carbonyl (C=O) groups is 1. The summed E-state index contributed by atoms with van der Waals surface area (Å²) in [6, 6.07) is 15.7. The summed E-state index contributed by atoms with van der Waals surface area (Å²) in [5, 5.41) is 13.8. The van der Waals surface area contributed by atoms with Gasteiger partial charge in [0.15, 0.2) is 0 Å². The van der Waals surface area contributed by atoms with Crippen LogP contribution in [0.15, 0.2) is 48.5 Å². The molecule has 1 unspecified atom stereocenters. The van der Waals surface area contributed by atoms with Crippen LogP contribution in [0.3, 0.4) is 0 Å². The zero-order chi connectivity index (χ0) is 17.2. The Kier molecular flexibility index (Phi) is 4.58. The molecule has 1 atom stereocenters. The first-order valence-electron chi connectivity index (χ1n) is 8.35. The standard InChI is InChI=1S/C20H24N2O2/c1-15-8-9-17(12-16(15)2)13-21-19(23)22-11-10-20(24,14-22)18-6-4-3-5-7-18/h3-9,12,24H,10-11,13-14H2,1-2H3,(H,21,23). The summed E-state index contributed by atoms with van der Waals surface area (Å²) >= 11 is 0. The van der Waals surface area contributed by atoms with Crippen molar-refractivity contribution in [3.63, 3.8) is 0 Å². The van der Waals surface area contributed by atoms with Crippen LogP contribution in [-0.4, -0.2) is 29.1 Å². The number of urea groups is 1. The lowest BCUT2D eigenvalue weighted by Gasteiger charge is -2.24. The summed E-state index contributed by atoms with van der Waals surface area (Å²) in [7, 11) is 0. The van der Waals surface area contributed by atoms with E-state index in [9.17, 15) is 9.90 Å². The summed E-state index contributed by atoms with van der Waals surface area (Å²) in [4.78, 5) is 14.1. The van der Waals surface area contributed by atoms with Crippen molar-refractivity contribution in [1.82, 2.24) is 10.2 Å². The van der Waals surface area contributed by atoms with Gasteiger partial charge < -0.3 is 15.3 Å². The van der Waals surface area contributed by atoms with Gasteiger partial charge in [0, 0.05) is 13.1 Å². The second-order valence-electron chi connectivity index (χ2n) is 6.65. The molecular weight excluding hydrogens is 300 g/mol. The number of likely N-dealkylation sites (tertiary alicyclic amines) is 1. The molecule has 1 saturated heterocycles. The lowest BCUT2D eigenvalue weighted by atomic mass is 9.93. The van der Waals surface area contributed by atoms with Crippen LogP contribution in [-0.2, 0) is 12.1 Å². The number of rotatable bonds is 3. The Hall–Kier alpha value is -2.33. The van der Waals surface area contributed by atoms with Crippen molar-refractivity contribution in [2.24, 2.45) is 0 Å². The largest absolute Gasteiger partial charge is 0.383 e. The summed E-state index contributed by atoms with van der Waals surface area (Å²) in [5.74, 6) is 0. The van der Waals surface area contributed by atoms with E-state index in [1.165, 1.54) is 11.1 Å². The Labute approximate surface area is 143 Å². The monoisotopic (exact) mass is 324 g/mol. The Balaban J connectivity index is 1.59.